The Bertz CT molecular complexity index is 543. The highest BCUT2D eigenvalue weighted by Crippen LogP contribution is 2.32. The quantitative estimate of drug-likeness (QED) is 0.927. The predicted octanol–water partition coefficient (Wildman–Crippen LogP) is 3.47. The van der Waals surface area contributed by atoms with Crippen LogP contribution in [0.1, 0.15) is 11.8 Å². The molecular formula is C13H10F3NO2. The van der Waals surface area contributed by atoms with Gasteiger partial charge in [-0.1, -0.05) is 24.3 Å². The van der Waals surface area contributed by atoms with Gasteiger partial charge >= 0.3 is 6.18 Å². The second-order valence-electron chi connectivity index (χ2n) is 3.76. The number of ether oxygens (including phenoxy) is 1. The Labute approximate surface area is 107 Å². The summed E-state index contributed by atoms with van der Waals surface area (Å²) in [5.74, 6) is 0.445. The van der Waals surface area contributed by atoms with Crippen molar-refractivity contribution >= 4 is 0 Å². The van der Waals surface area contributed by atoms with Crippen molar-refractivity contribution in [2.75, 3.05) is 0 Å². The molecule has 1 N–H and O–H groups in total. The molecular weight excluding hydrogens is 259 g/mol. The van der Waals surface area contributed by atoms with Gasteiger partial charge in [0.05, 0.1) is 5.69 Å². The maximum absolute atomic E-state index is 12.4. The average molecular weight is 269 g/mol. The van der Waals surface area contributed by atoms with Crippen LogP contribution in [0.2, 0.25) is 0 Å². The molecule has 1 aromatic heterocycles. The van der Waals surface area contributed by atoms with E-state index in [0.29, 0.717) is 5.75 Å². The number of para-hydroxylation sites is 1. The largest absolute Gasteiger partial charge is 0.439 e. The molecule has 100 valence electrons. The van der Waals surface area contributed by atoms with Crippen LogP contribution < -0.4 is 4.74 Å². The molecule has 0 saturated carbocycles. The van der Waals surface area contributed by atoms with E-state index in [4.69, 9.17) is 9.84 Å². The number of rotatable bonds is 3. The fourth-order valence-corrected chi connectivity index (χ4v) is 1.42. The lowest BCUT2D eigenvalue weighted by atomic mass is 10.2. The van der Waals surface area contributed by atoms with Crippen molar-refractivity contribution in [1.82, 2.24) is 4.98 Å². The molecule has 19 heavy (non-hydrogen) atoms. The molecule has 1 aromatic carbocycles. The molecule has 2 rings (SSSR count). The summed E-state index contributed by atoms with van der Waals surface area (Å²) in [6.45, 7) is 0. The van der Waals surface area contributed by atoms with Crippen molar-refractivity contribution in [3.8, 4) is 11.6 Å². The summed E-state index contributed by atoms with van der Waals surface area (Å²) in [6.07, 6.45) is -7.37. The second kappa shape index (κ2) is 5.27. The Morgan fingerprint density at radius 3 is 2.32 bits per heavy atom. The summed E-state index contributed by atoms with van der Waals surface area (Å²) >= 11 is 0. The van der Waals surface area contributed by atoms with E-state index in [0.717, 1.165) is 6.07 Å². The predicted molar refractivity (Wildman–Crippen MR) is 61.8 cm³/mol. The highest BCUT2D eigenvalue weighted by Gasteiger charge is 2.40. The lowest BCUT2D eigenvalue weighted by Crippen LogP contribution is -2.21. The van der Waals surface area contributed by atoms with Crippen LogP contribution in [0, 0.1) is 0 Å². The summed E-state index contributed by atoms with van der Waals surface area (Å²) in [7, 11) is 0. The van der Waals surface area contributed by atoms with Crippen LogP contribution in [-0.4, -0.2) is 16.3 Å². The number of benzene rings is 1. The summed E-state index contributed by atoms with van der Waals surface area (Å²) in [4.78, 5) is 3.64. The lowest BCUT2D eigenvalue weighted by molar-refractivity contribution is -0.208. The molecule has 0 bridgehead atoms. The van der Waals surface area contributed by atoms with Gasteiger partial charge in [0.1, 0.15) is 5.75 Å². The molecule has 1 unspecified atom stereocenters. The third-order valence-electron chi connectivity index (χ3n) is 2.30. The van der Waals surface area contributed by atoms with Gasteiger partial charge in [0.25, 0.3) is 0 Å². The Morgan fingerprint density at radius 2 is 1.68 bits per heavy atom. The molecule has 0 fully saturated rings. The van der Waals surface area contributed by atoms with Crippen LogP contribution >= 0.6 is 0 Å². The highest BCUT2D eigenvalue weighted by atomic mass is 19.4. The number of halogens is 3. The summed E-state index contributed by atoms with van der Waals surface area (Å²) < 4.78 is 42.4. The Hall–Kier alpha value is -2.08. The van der Waals surface area contributed by atoms with Crippen LogP contribution in [0.4, 0.5) is 13.2 Å². The maximum atomic E-state index is 12.4. The molecule has 0 aliphatic heterocycles. The summed E-state index contributed by atoms with van der Waals surface area (Å²) in [5, 5.41) is 9.10. The minimum Gasteiger partial charge on any atom is -0.439 e. The average Bonchev–Trinajstić information content (AvgIpc) is 2.38. The molecule has 3 nitrogen and oxygen atoms in total. The Kier molecular flexibility index (Phi) is 3.71. The van der Waals surface area contributed by atoms with Crippen LogP contribution in [0.3, 0.4) is 0 Å². The number of nitrogens with zero attached hydrogens (tertiary/aromatic N) is 1. The molecule has 6 heteroatoms. The SMILES string of the molecule is OC(c1cccc(Oc2ccccc2)n1)C(F)(F)F. The van der Waals surface area contributed by atoms with Crippen molar-refractivity contribution < 1.29 is 23.0 Å². The van der Waals surface area contributed by atoms with Gasteiger partial charge in [-0.15, -0.1) is 0 Å². The zero-order valence-corrected chi connectivity index (χ0v) is 9.63. The first-order valence-electron chi connectivity index (χ1n) is 5.41. The van der Waals surface area contributed by atoms with Gasteiger partial charge in [-0.05, 0) is 18.2 Å². The van der Waals surface area contributed by atoms with Gasteiger partial charge in [0.15, 0.2) is 6.10 Å². The number of aromatic nitrogens is 1. The summed E-state index contributed by atoms with van der Waals surface area (Å²) in [5.41, 5.74) is -0.499. The Balaban J connectivity index is 2.20. The molecule has 0 amide bonds. The van der Waals surface area contributed by atoms with Crippen molar-refractivity contribution in [1.29, 1.82) is 0 Å². The van der Waals surface area contributed by atoms with Gasteiger partial charge in [0.2, 0.25) is 5.88 Å². The van der Waals surface area contributed by atoms with E-state index < -0.39 is 18.0 Å². The zero-order valence-electron chi connectivity index (χ0n) is 9.63. The standard InChI is InChI=1S/C13H10F3NO2/c14-13(15,16)12(18)10-7-4-8-11(17-10)19-9-5-2-1-3-6-9/h1-8,12,18H. The van der Waals surface area contributed by atoms with Crippen molar-refractivity contribution in [3.05, 3.63) is 54.2 Å². The van der Waals surface area contributed by atoms with Crippen LogP contribution in [0.5, 0.6) is 11.6 Å². The molecule has 0 aliphatic rings. The first-order chi connectivity index (χ1) is 8.97. The fraction of sp³-hybridized carbons (Fsp3) is 0.154. The van der Waals surface area contributed by atoms with Crippen LogP contribution in [0.25, 0.3) is 0 Å². The van der Waals surface area contributed by atoms with E-state index in [-0.39, 0.29) is 5.88 Å². The smallest absolute Gasteiger partial charge is 0.420 e. The molecule has 1 atom stereocenters. The second-order valence-corrected chi connectivity index (χ2v) is 3.76. The van der Waals surface area contributed by atoms with E-state index >= 15 is 0 Å². The van der Waals surface area contributed by atoms with E-state index in [1.165, 1.54) is 12.1 Å². The first kappa shape index (κ1) is 13.4. The molecule has 2 aromatic rings. The molecule has 0 aliphatic carbocycles. The van der Waals surface area contributed by atoms with E-state index in [9.17, 15) is 13.2 Å². The molecule has 0 radical (unpaired) electrons. The monoisotopic (exact) mass is 269 g/mol. The van der Waals surface area contributed by atoms with Crippen molar-refractivity contribution in [2.45, 2.75) is 12.3 Å². The number of alkyl halides is 3. The van der Waals surface area contributed by atoms with E-state index in [2.05, 4.69) is 4.98 Å². The fourth-order valence-electron chi connectivity index (χ4n) is 1.42. The number of aliphatic hydroxyl groups is 1. The van der Waals surface area contributed by atoms with Gasteiger partial charge in [0, 0.05) is 6.07 Å². The van der Waals surface area contributed by atoms with Crippen molar-refractivity contribution in [2.24, 2.45) is 0 Å². The van der Waals surface area contributed by atoms with Crippen molar-refractivity contribution in [3.63, 3.8) is 0 Å². The molecule has 0 spiro atoms. The molecule has 0 saturated heterocycles. The van der Waals surface area contributed by atoms with E-state index in [1.54, 1.807) is 30.3 Å². The minimum atomic E-state index is -4.75. The zero-order chi connectivity index (χ0) is 13.9. The highest BCUT2D eigenvalue weighted by molar-refractivity contribution is 5.27. The summed E-state index contributed by atoms with van der Waals surface area (Å²) in [6, 6.07) is 12.4. The van der Waals surface area contributed by atoms with Gasteiger partial charge in [-0.2, -0.15) is 13.2 Å². The lowest BCUT2D eigenvalue weighted by Gasteiger charge is -2.14. The third kappa shape index (κ3) is 3.45. The Morgan fingerprint density at radius 1 is 1.00 bits per heavy atom. The number of hydrogen-bond donors (Lipinski definition) is 1. The number of aliphatic hydroxyl groups excluding tert-OH is 1. The van der Waals surface area contributed by atoms with Gasteiger partial charge in [-0.25, -0.2) is 4.98 Å². The first-order valence-corrected chi connectivity index (χ1v) is 5.41. The van der Waals surface area contributed by atoms with Gasteiger partial charge < -0.3 is 9.84 Å². The topological polar surface area (TPSA) is 42.4 Å². The van der Waals surface area contributed by atoms with Crippen LogP contribution in [0.15, 0.2) is 48.5 Å². The van der Waals surface area contributed by atoms with Gasteiger partial charge in [-0.3, -0.25) is 0 Å². The molecule has 1 heterocycles. The minimum absolute atomic E-state index is 0.00741. The number of pyridine rings is 1. The van der Waals surface area contributed by atoms with Crippen LogP contribution in [-0.2, 0) is 0 Å². The maximum Gasteiger partial charge on any atom is 0.420 e. The normalized spacial score (nSPS) is 13.1. The number of hydrogen-bond acceptors (Lipinski definition) is 3. The third-order valence-corrected chi connectivity index (χ3v) is 2.30. The van der Waals surface area contributed by atoms with E-state index in [1.807, 2.05) is 0 Å².